The van der Waals surface area contributed by atoms with Crippen LogP contribution in [0, 0.1) is 17.3 Å². The van der Waals surface area contributed by atoms with E-state index in [1.165, 1.54) is 12.8 Å². The molecule has 1 aliphatic heterocycles. The number of benzene rings is 1. The Morgan fingerprint density at radius 1 is 1.08 bits per heavy atom. The Morgan fingerprint density at radius 2 is 1.72 bits per heavy atom. The first-order chi connectivity index (χ1) is 11.8. The highest BCUT2D eigenvalue weighted by molar-refractivity contribution is 6.00. The number of rotatable bonds is 3. The molecule has 2 fully saturated rings. The van der Waals surface area contributed by atoms with Crippen molar-refractivity contribution >= 4 is 17.5 Å². The van der Waals surface area contributed by atoms with Gasteiger partial charge in [-0.3, -0.25) is 9.59 Å². The van der Waals surface area contributed by atoms with Crippen molar-refractivity contribution in [1.82, 2.24) is 5.32 Å². The summed E-state index contributed by atoms with van der Waals surface area (Å²) in [5.74, 6) is 0.601. The molecule has 1 aromatic carbocycles. The van der Waals surface area contributed by atoms with Crippen molar-refractivity contribution in [2.24, 2.45) is 17.3 Å². The predicted molar refractivity (Wildman–Crippen MR) is 100 cm³/mol. The minimum atomic E-state index is -0.229. The molecule has 4 heteroatoms. The molecule has 1 aliphatic carbocycles. The molecule has 0 aromatic heterocycles. The quantitative estimate of drug-likeness (QED) is 0.909. The maximum Gasteiger partial charge on any atom is 0.227 e. The zero-order valence-corrected chi connectivity index (χ0v) is 15.6. The molecule has 4 nitrogen and oxygen atoms in total. The van der Waals surface area contributed by atoms with Gasteiger partial charge in [0.25, 0.3) is 0 Å². The summed E-state index contributed by atoms with van der Waals surface area (Å²) in [6.45, 7) is 7.41. The molecular formula is C21H30N2O2. The van der Waals surface area contributed by atoms with Crippen molar-refractivity contribution in [3.63, 3.8) is 0 Å². The van der Waals surface area contributed by atoms with Gasteiger partial charge < -0.3 is 10.2 Å². The van der Waals surface area contributed by atoms with Crippen LogP contribution in [0.5, 0.6) is 0 Å². The molecular weight excluding hydrogens is 312 g/mol. The Labute approximate surface area is 151 Å². The van der Waals surface area contributed by atoms with E-state index >= 15 is 0 Å². The summed E-state index contributed by atoms with van der Waals surface area (Å²) in [6, 6.07) is 9.89. The molecule has 0 spiro atoms. The summed E-state index contributed by atoms with van der Waals surface area (Å²) in [5.41, 5.74) is 1.23. The fourth-order valence-corrected chi connectivity index (χ4v) is 4.16. The summed E-state index contributed by atoms with van der Waals surface area (Å²) in [4.78, 5) is 26.6. The number of carbonyl (C=O) groups is 2. The van der Waals surface area contributed by atoms with Crippen LogP contribution in [0.1, 0.15) is 52.9 Å². The third-order valence-electron chi connectivity index (χ3n) is 5.86. The van der Waals surface area contributed by atoms with Crippen molar-refractivity contribution in [1.29, 1.82) is 0 Å². The third kappa shape index (κ3) is 4.23. The SMILES string of the molecule is CC(C)(C)C1CCC(NC(=O)C2CC(=O)N(c3ccccc3)C2)CC1. The predicted octanol–water partition coefficient (Wildman–Crippen LogP) is 3.76. The number of anilines is 1. The van der Waals surface area contributed by atoms with E-state index in [2.05, 4.69) is 26.1 Å². The monoisotopic (exact) mass is 342 g/mol. The summed E-state index contributed by atoms with van der Waals surface area (Å²) < 4.78 is 0. The first-order valence-electron chi connectivity index (χ1n) is 9.50. The van der Waals surface area contributed by atoms with Crippen molar-refractivity contribution in [3.05, 3.63) is 30.3 Å². The van der Waals surface area contributed by atoms with Crippen LogP contribution in [0.4, 0.5) is 5.69 Å². The van der Waals surface area contributed by atoms with Gasteiger partial charge >= 0.3 is 0 Å². The molecule has 1 unspecified atom stereocenters. The maximum absolute atomic E-state index is 12.6. The van der Waals surface area contributed by atoms with Gasteiger partial charge in [-0.2, -0.15) is 0 Å². The summed E-state index contributed by atoms with van der Waals surface area (Å²) in [6.07, 6.45) is 4.77. The zero-order chi connectivity index (χ0) is 18.0. The van der Waals surface area contributed by atoms with Gasteiger partial charge in [0, 0.05) is 24.7 Å². The van der Waals surface area contributed by atoms with Crippen molar-refractivity contribution in [2.45, 2.75) is 58.9 Å². The lowest BCUT2D eigenvalue weighted by Crippen LogP contribution is -2.42. The Balaban J connectivity index is 1.52. The van der Waals surface area contributed by atoms with E-state index in [-0.39, 0.29) is 23.8 Å². The second-order valence-corrected chi connectivity index (χ2v) is 8.66. The van der Waals surface area contributed by atoms with Gasteiger partial charge in [-0.05, 0) is 49.1 Å². The number of carbonyl (C=O) groups excluding carboxylic acids is 2. The highest BCUT2D eigenvalue weighted by Gasteiger charge is 2.36. The van der Waals surface area contributed by atoms with Crippen LogP contribution in [0.2, 0.25) is 0 Å². The van der Waals surface area contributed by atoms with Gasteiger partial charge in [-0.25, -0.2) is 0 Å². The smallest absolute Gasteiger partial charge is 0.227 e. The molecule has 1 heterocycles. The molecule has 3 rings (SSSR count). The molecule has 1 saturated carbocycles. The van der Waals surface area contributed by atoms with Crippen LogP contribution < -0.4 is 10.2 Å². The van der Waals surface area contributed by atoms with Crippen LogP contribution in [0.3, 0.4) is 0 Å². The Morgan fingerprint density at radius 3 is 2.32 bits per heavy atom. The van der Waals surface area contributed by atoms with E-state index in [4.69, 9.17) is 0 Å². The summed E-state index contributed by atoms with van der Waals surface area (Å²) >= 11 is 0. The second-order valence-electron chi connectivity index (χ2n) is 8.66. The van der Waals surface area contributed by atoms with Gasteiger partial charge in [0.15, 0.2) is 0 Å². The van der Waals surface area contributed by atoms with E-state index in [0.717, 1.165) is 24.4 Å². The van der Waals surface area contributed by atoms with Crippen LogP contribution in [0.25, 0.3) is 0 Å². The van der Waals surface area contributed by atoms with E-state index in [1.807, 2.05) is 30.3 Å². The molecule has 1 saturated heterocycles. The number of nitrogens with zero attached hydrogens (tertiary/aromatic N) is 1. The van der Waals surface area contributed by atoms with Crippen molar-refractivity contribution < 1.29 is 9.59 Å². The summed E-state index contributed by atoms with van der Waals surface area (Å²) in [5, 5.41) is 3.21. The zero-order valence-electron chi connectivity index (χ0n) is 15.6. The molecule has 0 radical (unpaired) electrons. The van der Waals surface area contributed by atoms with Crippen LogP contribution in [-0.4, -0.2) is 24.4 Å². The number of hydrogen-bond acceptors (Lipinski definition) is 2. The van der Waals surface area contributed by atoms with Gasteiger partial charge in [0.05, 0.1) is 5.92 Å². The molecule has 136 valence electrons. The molecule has 2 amide bonds. The van der Waals surface area contributed by atoms with E-state index < -0.39 is 0 Å². The maximum atomic E-state index is 12.6. The van der Waals surface area contributed by atoms with Crippen LogP contribution >= 0.6 is 0 Å². The largest absolute Gasteiger partial charge is 0.353 e. The topological polar surface area (TPSA) is 49.4 Å². The van der Waals surface area contributed by atoms with Crippen molar-refractivity contribution in [2.75, 3.05) is 11.4 Å². The van der Waals surface area contributed by atoms with Gasteiger partial charge in [-0.15, -0.1) is 0 Å². The van der Waals surface area contributed by atoms with Crippen LogP contribution in [0.15, 0.2) is 30.3 Å². The number of nitrogens with one attached hydrogen (secondary N) is 1. The highest BCUT2D eigenvalue weighted by Crippen LogP contribution is 2.37. The number of hydrogen-bond donors (Lipinski definition) is 1. The molecule has 1 aromatic rings. The molecule has 0 bridgehead atoms. The standard InChI is InChI=1S/C21H30N2O2/c1-21(2,3)16-9-11-17(12-10-16)22-20(25)15-13-19(24)23(14-15)18-7-5-4-6-8-18/h4-8,15-17H,9-14H2,1-3H3,(H,22,25). The second kappa shape index (κ2) is 7.19. The fourth-order valence-electron chi connectivity index (χ4n) is 4.16. The Kier molecular flexibility index (Phi) is 5.16. The lowest BCUT2D eigenvalue weighted by Gasteiger charge is -2.37. The molecule has 25 heavy (non-hydrogen) atoms. The van der Waals surface area contributed by atoms with Crippen molar-refractivity contribution in [3.8, 4) is 0 Å². The minimum absolute atomic E-state index is 0.0443. The van der Waals surface area contributed by atoms with Gasteiger partial charge in [-0.1, -0.05) is 39.0 Å². The molecule has 1 atom stereocenters. The first-order valence-corrected chi connectivity index (χ1v) is 9.50. The average molecular weight is 342 g/mol. The third-order valence-corrected chi connectivity index (χ3v) is 5.86. The number of para-hydroxylation sites is 1. The number of amides is 2. The lowest BCUT2D eigenvalue weighted by atomic mass is 9.71. The van der Waals surface area contributed by atoms with Gasteiger partial charge in [0.1, 0.15) is 0 Å². The van der Waals surface area contributed by atoms with E-state index in [1.54, 1.807) is 4.90 Å². The Hall–Kier alpha value is -1.84. The van der Waals surface area contributed by atoms with E-state index in [0.29, 0.717) is 18.4 Å². The van der Waals surface area contributed by atoms with Crippen LogP contribution in [-0.2, 0) is 9.59 Å². The molecule has 2 aliphatic rings. The molecule has 1 N–H and O–H groups in total. The van der Waals surface area contributed by atoms with E-state index in [9.17, 15) is 9.59 Å². The Bertz CT molecular complexity index is 613. The van der Waals surface area contributed by atoms with Gasteiger partial charge in [0.2, 0.25) is 11.8 Å². The lowest BCUT2D eigenvalue weighted by molar-refractivity contribution is -0.127. The average Bonchev–Trinajstić information content (AvgIpc) is 2.97. The fraction of sp³-hybridized carbons (Fsp3) is 0.619. The highest BCUT2D eigenvalue weighted by atomic mass is 16.2. The summed E-state index contributed by atoms with van der Waals surface area (Å²) in [7, 11) is 0. The normalized spacial score (nSPS) is 27.4. The minimum Gasteiger partial charge on any atom is -0.353 e. The first kappa shape index (κ1) is 18.0.